The maximum atomic E-state index is 4.81. The van der Waals surface area contributed by atoms with Gasteiger partial charge in [-0.05, 0) is 0 Å². The van der Waals surface area contributed by atoms with Gasteiger partial charge in [-0.2, -0.15) is 0 Å². The van der Waals surface area contributed by atoms with Crippen molar-refractivity contribution >= 4 is 9.47 Å². The Morgan fingerprint density at radius 2 is 2.29 bits per heavy atom. The van der Waals surface area contributed by atoms with Crippen molar-refractivity contribution in [1.82, 2.24) is 0 Å². The van der Waals surface area contributed by atoms with Gasteiger partial charge in [0.1, 0.15) is 6.10 Å². The van der Waals surface area contributed by atoms with E-state index in [9.17, 15) is 0 Å². The monoisotopic (exact) mass is 121 g/mol. The Morgan fingerprint density at radius 3 is 2.43 bits per heavy atom. The molecular formula is C3H8NO2P. The van der Waals surface area contributed by atoms with E-state index in [1.54, 1.807) is 0 Å². The summed E-state index contributed by atoms with van der Waals surface area (Å²) in [5, 5.41) is 0. The van der Waals surface area contributed by atoms with Gasteiger partial charge in [-0.15, -0.1) is 0 Å². The van der Waals surface area contributed by atoms with Gasteiger partial charge in [-0.3, -0.25) is 4.84 Å². The molecule has 4 heteroatoms. The molecule has 42 valence electrons. The van der Waals surface area contributed by atoms with Crippen LogP contribution in [0.4, 0.5) is 0 Å². The lowest BCUT2D eigenvalue weighted by Crippen LogP contribution is -2.04. The predicted octanol–water partition coefficient (Wildman–Crippen LogP) is -0.176. The van der Waals surface area contributed by atoms with Crippen molar-refractivity contribution in [3.8, 4) is 0 Å². The Balaban J connectivity index is 2.06. The third-order valence-corrected chi connectivity index (χ3v) is 1.38. The van der Waals surface area contributed by atoms with Crippen LogP contribution in [0.1, 0.15) is 6.42 Å². The van der Waals surface area contributed by atoms with Gasteiger partial charge in [-0.25, -0.2) is 5.90 Å². The van der Waals surface area contributed by atoms with E-state index >= 15 is 0 Å². The van der Waals surface area contributed by atoms with Crippen LogP contribution in [0.5, 0.6) is 0 Å². The Hall–Kier alpha value is 0.310. The zero-order valence-corrected chi connectivity index (χ0v) is 4.99. The highest BCUT2D eigenvalue weighted by Crippen LogP contribution is 2.28. The van der Waals surface area contributed by atoms with Crippen molar-refractivity contribution in [2.45, 2.75) is 18.6 Å². The second kappa shape index (κ2) is 2.05. The first kappa shape index (κ1) is 5.45. The lowest BCUT2D eigenvalue weighted by atomic mass is 10.8. The number of rotatable bonds is 2. The fourth-order valence-electron chi connectivity index (χ4n) is 0.437. The molecule has 0 aromatic carbocycles. The molecule has 0 bridgehead atoms. The number of hydrogen-bond donors (Lipinski definition) is 1. The van der Waals surface area contributed by atoms with E-state index in [0.717, 1.165) is 6.42 Å². The van der Waals surface area contributed by atoms with Gasteiger partial charge in [0.15, 0.2) is 0 Å². The molecule has 0 aliphatic heterocycles. The van der Waals surface area contributed by atoms with E-state index in [1.807, 2.05) is 0 Å². The normalized spacial score (nSPS) is 38.6. The molecule has 7 heavy (non-hydrogen) atoms. The molecule has 0 saturated heterocycles. The van der Waals surface area contributed by atoms with E-state index in [2.05, 4.69) is 14.3 Å². The SMILES string of the molecule is NOC1CC1OP. The first-order valence-electron chi connectivity index (χ1n) is 2.09. The zero-order valence-electron chi connectivity index (χ0n) is 3.83. The van der Waals surface area contributed by atoms with E-state index in [4.69, 9.17) is 10.4 Å². The second-order valence-electron chi connectivity index (χ2n) is 1.58. The van der Waals surface area contributed by atoms with Gasteiger partial charge in [0.2, 0.25) is 0 Å². The summed E-state index contributed by atoms with van der Waals surface area (Å²) in [6.07, 6.45) is 1.31. The molecular weight excluding hydrogens is 113 g/mol. The molecule has 2 N–H and O–H groups in total. The lowest BCUT2D eigenvalue weighted by molar-refractivity contribution is 0.0953. The van der Waals surface area contributed by atoms with Crippen molar-refractivity contribution in [2.24, 2.45) is 5.90 Å². The minimum absolute atomic E-state index is 0.150. The molecule has 3 unspecified atom stereocenters. The summed E-state index contributed by atoms with van der Waals surface area (Å²) in [6.45, 7) is 0. The fourth-order valence-corrected chi connectivity index (χ4v) is 0.723. The molecule has 1 rings (SSSR count). The molecule has 0 radical (unpaired) electrons. The molecule has 0 aromatic heterocycles. The smallest absolute Gasteiger partial charge is 0.108 e. The van der Waals surface area contributed by atoms with Crippen LogP contribution < -0.4 is 5.90 Å². The van der Waals surface area contributed by atoms with Crippen LogP contribution in [0, 0.1) is 0 Å². The van der Waals surface area contributed by atoms with Crippen LogP contribution in [0.3, 0.4) is 0 Å². The Labute approximate surface area is 44.4 Å². The molecule has 1 aliphatic carbocycles. The van der Waals surface area contributed by atoms with Crippen LogP contribution >= 0.6 is 9.47 Å². The first-order valence-corrected chi connectivity index (χ1v) is 2.56. The molecule has 3 atom stereocenters. The van der Waals surface area contributed by atoms with Gasteiger partial charge in [0.25, 0.3) is 0 Å². The summed E-state index contributed by atoms with van der Waals surface area (Å²) < 4.78 is 4.78. The topological polar surface area (TPSA) is 44.5 Å². The fraction of sp³-hybridized carbons (Fsp3) is 1.00. The summed E-state index contributed by atoms with van der Waals surface area (Å²) in [6, 6.07) is 0. The summed E-state index contributed by atoms with van der Waals surface area (Å²) >= 11 is 0. The van der Waals surface area contributed by atoms with E-state index in [1.165, 1.54) is 0 Å². The van der Waals surface area contributed by atoms with Crippen LogP contribution in [-0.2, 0) is 9.36 Å². The highest BCUT2D eigenvalue weighted by molar-refractivity contribution is 7.09. The maximum absolute atomic E-state index is 4.81. The van der Waals surface area contributed by atoms with Crippen molar-refractivity contribution in [2.75, 3.05) is 0 Å². The number of nitrogens with two attached hydrogens (primary N) is 1. The Bertz CT molecular complexity index is 62.0. The van der Waals surface area contributed by atoms with Crippen molar-refractivity contribution in [3.63, 3.8) is 0 Å². The molecule has 3 nitrogen and oxygen atoms in total. The van der Waals surface area contributed by atoms with Crippen molar-refractivity contribution in [1.29, 1.82) is 0 Å². The minimum Gasteiger partial charge on any atom is -0.360 e. The molecule has 1 fully saturated rings. The van der Waals surface area contributed by atoms with Crippen LogP contribution in [0.25, 0.3) is 0 Å². The summed E-state index contributed by atoms with van der Waals surface area (Å²) in [4.78, 5) is 4.43. The van der Waals surface area contributed by atoms with Gasteiger partial charge in [0.05, 0.1) is 6.10 Å². The quantitative estimate of drug-likeness (QED) is 0.407. The third kappa shape index (κ3) is 1.10. The minimum atomic E-state index is 0.150. The highest BCUT2D eigenvalue weighted by Gasteiger charge is 2.38. The van der Waals surface area contributed by atoms with Crippen LogP contribution in [-0.4, -0.2) is 12.2 Å². The van der Waals surface area contributed by atoms with E-state index in [-0.39, 0.29) is 12.2 Å². The van der Waals surface area contributed by atoms with Gasteiger partial charge >= 0.3 is 0 Å². The lowest BCUT2D eigenvalue weighted by Gasteiger charge is -1.89. The van der Waals surface area contributed by atoms with Crippen LogP contribution in [0.15, 0.2) is 0 Å². The molecule has 0 aromatic rings. The largest absolute Gasteiger partial charge is 0.360 e. The Morgan fingerprint density at radius 1 is 1.57 bits per heavy atom. The van der Waals surface area contributed by atoms with Gasteiger partial charge in [-0.1, -0.05) is 0 Å². The standard InChI is InChI=1S/C3H8NO2P/c4-5-2-1-3(2)6-7/h2-3H,1,4,7H2. The summed E-state index contributed by atoms with van der Waals surface area (Å²) in [5.74, 6) is 4.81. The predicted molar refractivity (Wildman–Crippen MR) is 28.3 cm³/mol. The maximum Gasteiger partial charge on any atom is 0.108 e. The van der Waals surface area contributed by atoms with E-state index < -0.39 is 0 Å². The second-order valence-corrected chi connectivity index (χ2v) is 1.86. The average Bonchev–Trinajstić information content (AvgIpc) is 2.43. The van der Waals surface area contributed by atoms with Gasteiger partial charge < -0.3 is 4.52 Å². The average molecular weight is 121 g/mol. The summed E-state index contributed by atoms with van der Waals surface area (Å²) in [5.41, 5.74) is 0. The van der Waals surface area contributed by atoms with Gasteiger partial charge in [0, 0.05) is 15.9 Å². The zero-order chi connectivity index (χ0) is 5.28. The molecule has 1 aliphatic rings. The highest BCUT2D eigenvalue weighted by atomic mass is 31.0. The molecule has 0 heterocycles. The van der Waals surface area contributed by atoms with Crippen molar-refractivity contribution in [3.05, 3.63) is 0 Å². The molecule has 1 saturated carbocycles. The third-order valence-electron chi connectivity index (χ3n) is 1.03. The van der Waals surface area contributed by atoms with E-state index in [0.29, 0.717) is 0 Å². The molecule has 0 spiro atoms. The first-order chi connectivity index (χ1) is 3.38. The summed E-state index contributed by atoms with van der Waals surface area (Å²) in [7, 11) is 2.17. The number of hydrogen-bond acceptors (Lipinski definition) is 3. The van der Waals surface area contributed by atoms with Crippen LogP contribution in [0.2, 0.25) is 0 Å². The van der Waals surface area contributed by atoms with Crippen molar-refractivity contribution < 1.29 is 9.36 Å². The Kier molecular flexibility index (Phi) is 1.60. The molecule has 0 amide bonds.